The van der Waals surface area contributed by atoms with Crippen LogP contribution >= 0.6 is 0 Å². The monoisotopic (exact) mass is 413 g/mol. The Labute approximate surface area is 182 Å². The highest BCUT2D eigenvalue weighted by molar-refractivity contribution is 5.94. The Morgan fingerprint density at radius 2 is 2.03 bits per heavy atom. The number of pyridine rings is 1. The van der Waals surface area contributed by atoms with E-state index < -0.39 is 0 Å². The van der Waals surface area contributed by atoms with Crippen molar-refractivity contribution in [2.45, 2.75) is 45.3 Å². The molecule has 0 radical (unpaired) electrons. The summed E-state index contributed by atoms with van der Waals surface area (Å²) in [6.07, 6.45) is 3.11. The van der Waals surface area contributed by atoms with Crippen molar-refractivity contribution in [2.24, 2.45) is 0 Å². The van der Waals surface area contributed by atoms with E-state index >= 15 is 0 Å². The molecule has 7 heteroatoms. The smallest absolute Gasteiger partial charge is 0.157 e. The fourth-order valence-electron chi connectivity index (χ4n) is 5.03. The normalized spacial score (nSPS) is 21.5. The minimum absolute atomic E-state index is 0.0120. The minimum atomic E-state index is -0.0120. The van der Waals surface area contributed by atoms with Crippen LogP contribution in [0.4, 0.5) is 11.6 Å². The van der Waals surface area contributed by atoms with Crippen LogP contribution in [0.1, 0.15) is 41.8 Å². The van der Waals surface area contributed by atoms with E-state index in [4.69, 9.17) is 4.98 Å². The Morgan fingerprint density at radius 1 is 1.19 bits per heavy atom. The average Bonchev–Trinajstić information content (AvgIpc) is 3.03. The van der Waals surface area contributed by atoms with E-state index in [-0.39, 0.29) is 6.04 Å². The molecule has 2 saturated heterocycles. The van der Waals surface area contributed by atoms with Crippen LogP contribution in [0.25, 0.3) is 10.8 Å². The van der Waals surface area contributed by atoms with E-state index in [9.17, 15) is 5.26 Å². The highest BCUT2D eigenvalue weighted by atomic mass is 15.4. The molecule has 1 N–H and O–H groups in total. The van der Waals surface area contributed by atoms with Gasteiger partial charge in [-0.2, -0.15) is 10.4 Å². The molecule has 158 valence electrons. The predicted molar refractivity (Wildman–Crippen MR) is 122 cm³/mol. The summed E-state index contributed by atoms with van der Waals surface area (Å²) in [5.41, 5.74) is 3.65. The molecule has 1 aromatic carbocycles. The second-order valence-corrected chi connectivity index (χ2v) is 8.78. The summed E-state index contributed by atoms with van der Waals surface area (Å²) in [6.45, 7) is 8.22. The maximum absolute atomic E-state index is 9.37. The third kappa shape index (κ3) is 3.19. The number of nitriles is 1. The first-order valence-electron chi connectivity index (χ1n) is 10.8. The van der Waals surface area contributed by atoms with Crippen LogP contribution in [0.3, 0.4) is 0 Å². The largest absolute Gasteiger partial charge is 0.362 e. The topological polar surface area (TPSA) is 81.0 Å². The van der Waals surface area contributed by atoms with Crippen molar-refractivity contribution >= 4 is 22.4 Å². The van der Waals surface area contributed by atoms with Crippen LogP contribution in [0.2, 0.25) is 0 Å². The molecule has 0 spiro atoms. The number of aromatic nitrogens is 3. The fraction of sp³-hybridized carbons (Fsp3) is 0.417. The average molecular weight is 414 g/mol. The van der Waals surface area contributed by atoms with Crippen molar-refractivity contribution in [3.63, 3.8) is 0 Å². The molecule has 4 heterocycles. The number of fused-ring (bicyclic) bond motifs is 2. The number of anilines is 2. The summed E-state index contributed by atoms with van der Waals surface area (Å²) < 4.78 is 0. The molecule has 7 nitrogen and oxygen atoms in total. The predicted octanol–water partition coefficient (Wildman–Crippen LogP) is 3.58. The molecule has 0 amide bonds. The van der Waals surface area contributed by atoms with Crippen molar-refractivity contribution < 1.29 is 0 Å². The molecule has 0 unspecified atom stereocenters. The third-order valence-electron chi connectivity index (χ3n) is 7.02. The molecule has 0 bridgehead atoms. The molecule has 0 aliphatic carbocycles. The third-order valence-corrected chi connectivity index (χ3v) is 7.02. The van der Waals surface area contributed by atoms with Crippen LogP contribution in [-0.2, 0) is 0 Å². The van der Waals surface area contributed by atoms with Gasteiger partial charge in [-0.15, -0.1) is 5.10 Å². The highest BCUT2D eigenvalue weighted by Gasteiger charge is 2.45. The van der Waals surface area contributed by atoms with Crippen LogP contribution < -0.4 is 10.2 Å². The lowest BCUT2D eigenvalue weighted by molar-refractivity contribution is 0.241. The van der Waals surface area contributed by atoms with Crippen LogP contribution in [0.5, 0.6) is 0 Å². The Kier molecular flexibility index (Phi) is 4.75. The molecule has 2 fully saturated rings. The first-order valence-corrected chi connectivity index (χ1v) is 10.8. The molecule has 3 atom stereocenters. The van der Waals surface area contributed by atoms with Crippen molar-refractivity contribution in [3.05, 3.63) is 52.8 Å². The maximum Gasteiger partial charge on any atom is 0.157 e. The van der Waals surface area contributed by atoms with E-state index in [1.54, 1.807) is 0 Å². The molecule has 2 aliphatic rings. The van der Waals surface area contributed by atoms with Gasteiger partial charge in [-0.1, -0.05) is 12.1 Å². The van der Waals surface area contributed by atoms with Gasteiger partial charge < -0.3 is 10.2 Å². The number of likely N-dealkylation sites (N-methyl/N-ethyl adjacent to an activating group) is 1. The number of nitrogens with zero attached hydrogens (tertiary/aromatic N) is 6. The van der Waals surface area contributed by atoms with Gasteiger partial charge in [0.05, 0.1) is 23.4 Å². The number of hydrogen-bond donors (Lipinski definition) is 1. The van der Waals surface area contributed by atoms with Crippen molar-refractivity contribution in [1.29, 1.82) is 5.26 Å². The summed E-state index contributed by atoms with van der Waals surface area (Å²) in [5.74, 6) is 1.76. The summed E-state index contributed by atoms with van der Waals surface area (Å²) in [4.78, 5) is 9.63. The number of nitrogens with one attached hydrogen (secondary N) is 1. The molecular formula is C24H27N7. The van der Waals surface area contributed by atoms with Gasteiger partial charge in [0.25, 0.3) is 0 Å². The molecular weight excluding hydrogens is 386 g/mol. The van der Waals surface area contributed by atoms with Gasteiger partial charge in [0.1, 0.15) is 5.82 Å². The Bertz CT molecular complexity index is 1200. The summed E-state index contributed by atoms with van der Waals surface area (Å²) >= 11 is 0. The Morgan fingerprint density at radius 3 is 2.81 bits per heavy atom. The minimum Gasteiger partial charge on any atom is -0.362 e. The van der Waals surface area contributed by atoms with Crippen LogP contribution in [0.15, 0.2) is 30.5 Å². The van der Waals surface area contributed by atoms with Gasteiger partial charge in [0.15, 0.2) is 5.82 Å². The van der Waals surface area contributed by atoms with Gasteiger partial charge in [-0.3, -0.25) is 4.90 Å². The molecule has 2 aromatic heterocycles. The van der Waals surface area contributed by atoms with Gasteiger partial charge in [0, 0.05) is 42.1 Å². The van der Waals surface area contributed by atoms with E-state index in [1.165, 1.54) is 6.42 Å². The van der Waals surface area contributed by atoms with Crippen molar-refractivity contribution in [1.82, 2.24) is 20.1 Å². The number of hydrogen-bond acceptors (Lipinski definition) is 7. The molecule has 5 rings (SSSR count). The number of likely N-dealkylation sites (tertiary alicyclic amines) is 1. The lowest BCUT2D eigenvalue weighted by atomic mass is 9.97. The number of aryl methyl sites for hydroxylation is 1. The second-order valence-electron chi connectivity index (χ2n) is 8.78. The van der Waals surface area contributed by atoms with Gasteiger partial charge in [-0.25, -0.2) is 4.98 Å². The van der Waals surface area contributed by atoms with Gasteiger partial charge in [0.2, 0.25) is 0 Å². The fourth-order valence-corrected chi connectivity index (χ4v) is 5.03. The number of benzene rings is 1. The summed E-state index contributed by atoms with van der Waals surface area (Å²) in [5, 5.41) is 23.8. The SMILES string of the molecule is Cc1c(C#N)cccc1[C@@H](C)Nc1nnc(C)c2cnc(N3C[C@H]4[C@@H]3CCN4C)cc12. The van der Waals surface area contributed by atoms with Gasteiger partial charge >= 0.3 is 0 Å². The zero-order valence-corrected chi connectivity index (χ0v) is 18.4. The van der Waals surface area contributed by atoms with Crippen LogP contribution in [-0.4, -0.2) is 52.3 Å². The van der Waals surface area contributed by atoms with E-state index in [0.717, 1.165) is 52.3 Å². The Balaban J connectivity index is 1.49. The Hall–Kier alpha value is -3.24. The maximum atomic E-state index is 9.37. The van der Waals surface area contributed by atoms with E-state index in [2.05, 4.69) is 57.5 Å². The lowest BCUT2D eigenvalue weighted by Crippen LogP contribution is -2.61. The lowest BCUT2D eigenvalue weighted by Gasteiger charge is -2.47. The first-order chi connectivity index (χ1) is 15.0. The van der Waals surface area contributed by atoms with E-state index in [1.807, 2.05) is 32.2 Å². The molecule has 2 aliphatic heterocycles. The zero-order valence-electron chi connectivity index (χ0n) is 18.4. The van der Waals surface area contributed by atoms with Crippen LogP contribution in [0, 0.1) is 25.2 Å². The first kappa shape index (κ1) is 19.7. The van der Waals surface area contributed by atoms with Crippen molar-refractivity contribution in [2.75, 3.05) is 30.4 Å². The van der Waals surface area contributed by atoms with E-state index in [0.29, 0.717) is 17.6 Å². The number of rotatable bonds is 4. The van der Waals surface area contributed by atoms with Gasteiger partial charge in [-0.05, 0) is 57.5 Å². The molecule has 31 heavy (non-hydrogen) atoms. The molecule has 0 saturated carbocycles. The highest BCUT2D eigenvalue weighted by Crippen LogP contribution is 2.37. The summed E-state index contributed by atoms with van der Waals surface area (Å²) in [6, 6.07) is 11.4. The zero-order chi connectivity index (χ0) is 21.7. The standard InChI is InChI=1S/C24H27N7/c1-14-17(11-25)6-5-7-18(14)15(2)27-24-19-10-23(26-12-20(19)16(3)28-29-24)31-13-22-21(31)8-9-30(22)4/h5-7,10,12,15,21-22H,8-9,13H2,1-4H3,(H,27,29)/t15-,21+,22+/m1/s1. The molecule has 3 aromatic rings. The second kappa shape index (κ2) is 7.47. The van der Waals surface area contributed by atoms with Crippen molar-refractivity contribution in [3.8, 4) is 6.07 Å². The summed E-state index contributed by atoms with van der Waals surface area (Å²) in [7, 11) is 2.21. The quantitative estimate of drug-likeness (QED) is 0.700.